The van der Waals surface area contributed by atoms with E-state index in [4.69, 9.17) is 0 Å². The van der Waals surface area contributed by atoms with Gasteiger partial charge in [-0.1, -0.05) is 12.2 Å². The lowest BCUT2D eigenvalue weighted by atomic mass is 10.1. The van der Waals surface area contributed by atoms with E-state index in [1.165, 1.54) is 17.7 Å². The summed E-state index contributed by atoms with van der Waals surface area (Å²) in [6, 6.07) is 1.92. The van der Waals surface area contributed by atoms with Gasteiger partial charge < -0.3 is 10.3 Å². The molecule has 0 aromatic carbocycles. The highest BCUT2D eigenvalue weighted by molar-refractivity contribution is 7.14. The lowest BCUT2D eigenvalue weighted by Gasteiger charge is -2.07. The third-order valence-electron chi connectivity index (χ3n) is 3.71. The van der Waals surface area contributed by atoms with E-state index in [0.717, 1.165) is 35.3 Å². The maximum atomic E-state index is 12.1. The van der Waals surface area contributed by atoms with Crippen LogP contribution in [-0.2, 0) is 4.79 Å². The van der Waals surface area contributed by atoms with Crippen molar-refractivity contribution in [2.24, 2.45) is 5.92 Å². The zero-order valence-electron chi connectivity index (χ0n) is 11.6. The molecule has 0 atom stereocenters. The first-order chi connectivity index (χ1) is 10.8. The first-order valence-corrected chi connectivity index (χ1v) is 7.89. The Bertz CT molecular complexity index is 858. The fraction of sp³-hybridized carbons (Fsp3) is 0.200. The van der Waals surface area contributed by atoms with E-state index in [0.29, 0.717) is 5.13 Å². The molecule has 4 rings (SSSR count). The van der Waals surface area contributed by atoms with E-state index in [1.54, 1.807) is 0 Å². The van der Waals surface area contributed by atoms with Gasteiger partial charge in [-0.15, -0.1) is 11.3 Å². The summed E-state index contributed by atoms with van der Waals surface area (Å²) in [4.78, 5) is 28.1. The van der Waals surface area contributed by atoms with Crippen molar-refractivity contribution in [2.45, 2.75) is 12.8 Å². The van der Waals surface area contributed by atoms with Crippen LogP contribution in [0.3, 0.4) is 0 Å². The van der Waals surface area contributed by atoms with Crippen molar-refractivity contribution in [3.8, 4) is 11.4 Å². The molecule has 22 heavy (non-hydrogen) atoms. The SMILES string of the molecule is O=C(Nc1nc(-c2ncnc3[nH]ccc23)cs1)C1CC=CC1. The monoisotopic (exact) mass is 311 g/mol. The van der Waals surface area contributed by atoms with Crippen molar-refractivity contribution >= 4 is 33.4 Å². The second-order valence-electron chi connectivity index (χ2n) is 5.13. The highest BCUT2D eigenvalue weighted by Crippen LogP contribution is 2.29. The highest BCUT2D eigenvalue weighted by atomic mass is 32.1. The average molecular weight is 311 g/mol. The second kappa shape index (κ2) is 5.34. The topological polar surface area (TPSA) is 83.6 Å². The number of hydrogen-bond donors (Lipinski definition) is 2. The number of aromatic nitrogens is 4. The van der Waals surface area contributed by atoms with Crippen LogP contribution in [0.5, 0.6) is 0 Å². The molecule has 0 bridgehead atoms. The quantitative estimate of drug-likeness (QED) is 0.728. The van der Waals surface area contributed by atoms with E-state index in [1.807, 2.05) is 29.8 Å². The molecule has 1 aliphatic carbocycles. The van der Waals surface area contributed by atoms with Crippen molar-refractivity contribution in [3.05, 3.63) is 36.1 Å². The number of rotatable bonds is 3. The summed E-state index contributed by atoms with van der Waals surface area (Å²) in [5, 5.41) is 6.32. The van der Waals surface area contributed by atoms with E-state index in [-0.39, 0.29) is 11.8 Å². The number of nitrogens with zero attached hydrogens (tertiary/aromatic N) is 3. The molecular weight excluding hydrogens is 298 g/mol. The van der Waals surface area contributed by atoms with Crippen molar-refractivity contribution in [1.82, 2.24) is 19.9 Å². The number of hydrogen-bond acceptors (Lipinski definition) is 5. The van der Waals surface area contributed by atoms with Gasteiger partial charge in [0, 0.05) is 22.9 Å². The predicted octanol–water partition coefficient (Wildman–Crippen LogP) is 2.99. The average Bonchev–Trinajstić information content (AvgIpc) is 3.27. The van der Waals surface area contributed by atoms with Crippen molar-refractivity contribution in [2.75, 3.05) is 5.32 Å². The molecular formula is C15H13N5OS. The Hall–Kier alpha value is -2.54. The number of carbonyl (C=O) groups is 1. The number of carbonyl (C=O) groups excluding carboxylic acids is 1. The van der Waals surface area contributed by atoms with Gasteiger partial charge in [0.15, 0.2) is 5.13 Å². The summed E-state index contributed by atoms with van der Waals surface area (Å²) < 4.78 is 0. The van der Waals surface area contributed by atoms with Gasteiger partial charge in [0.1, 0.15) is 23.4 Å². The van der Waals surface area contributed by atoms with Crippen LogP contribution in [0, 0.1) is 5.92 Å². The van der Waals surface area contributed by atoms with Crippen molar-refractivity contribution in [1.29, 1.82) is 0 Å². The molecule has 1 aliphatic rings. The summed E-state index contributed by atoms with van der Waals surface area (Å²) >= 11 is 1.41. The van der Waals surface area contributed by atoms with Gasteiger partial charge >= 0.3 is 0 Å². The van der Waals surface area contributed by atoms with Gasteiger partial charge in [-0.05, 0) is 18.9 Å². The molecule has 1 amide bonds. The number of anilines is 1. The molecule has 0 fully saturated rings. The fourth-order valence-corrected chi connectivity index (χ4v) is 3.25. The van der Waals surface area contributed by atoms with E-state index < -0.39 is 0 Å². The molecule has 6 nitrogen and oxygen atoms in total. The van der Waals surface area contributed by atoms with Crippen LogP contribution in [0.15, 0.2) is 36.1 Å². The Morgan fingerprint density at radius 1 is 1.32 bits per heavy atom. The Labute approximate surface area is 130 Å². The first-order valence-electron chi connectivity index (χ1n) is 7.01. The molecule has 7 heteroatoms. The van der Waals surface area contributed by atoms with E-state index in [9.17, 15) is 4.79 Å². The third kappa shape index (κ3) is 2.29. The minimum atomic E-state index is 0.0281. The standard InChI is InChI=1S/C15H13N5OS/c21-14(9-3-1-2-4-9)20-15-19-11(7-22-15)12-10-5-6-16-13(10)18-8-17-12/h1-2,5-9H,3-4H2,(H,16,17,18)(H,19,20,21). The molecule has 3 heterocycles. The molecule has 0 saturated carbocycles. The summed E-state index contributed by atoms with van der Waals surface area (Å²) in [6.07, 6.45) is 9.03. The van der Waals surface area contributed by atoms with Crippen LogP contribution in [0.25, 0.3) is 22.4 Å². The van der Waals surface area contributed by atoms with Gasteiger partial charge in [-0.3, -0.25) is 4.79 Å². The van der Waals surface area contributed by atoms with Gasteiger partial charge in [0.05, 0.1) is 0 Å². The molecule has 0 radical (unpaired) electrons. The van der Waals surface area contributed by atoms with Crippen molar-refractivity contribution in [3.63, 3.8) is 0 Å². The second-order valence-corrected chi connectivity index (χ2v) is 5.99. The Balaban J connectivity index is 1.59. The van der Waals surface area contributed by atoms with Crippen LogP contribution in [0.1, 0.15) is 12.8 Å². The summed E-state index contributed by atoms with van der Waals surface area (Å²) in [5.41, 5.74) is 2.29. The Morgan fingerprint density at radius 3 is 3.05 bits per heavy atom. The first kappa shape index (κ1) is 13.1. The molecule has 0 spiro atoms. The molecule has 0 unspecified atom stereocenters. The zero-order chi connectivity index (χ0) is 14.9. The number of amides is 1. The molecule has 110 valence electrons. The maximum Gasteiger partial charge on any atom is 0.229 e. The molecule has 0 aliphatic heterocycles. The van der Waals surface area contributed by atoms with Gasteiger partial charge in [0.25, 0.3) is 0 Å². The van der Waals surface area contributed by atoms with Gasteiger partial charge in [0.2, 0.25) is 5.91 Å². The maximum absolute atomic E-state index is 12.1. The summed E-state index contributed by atoms with van der Waals surface area (Å²) in [7, 11) is 0. The van der Waals surface area contributed by atoms with Crippen LogP contribution >= 0.6 is 11.3 Å². The normalized spacial score (nSPS) is 14.7. The third-order valence-corrected chi connectivity index (χ3v) is 4.47. The lowest BCUT2D eigenvalue weighted by Crippen LogP contribution is -2.20. The molecule has 3 aromatic heterocycles. The number of thiazole rings is 1. The van der Waals surface area contributed by atoms with E-state index in [2.05, 4.69) is 25.3 Å². The minimum absolute atomic E-state index is 0.0281. The number of H-pyrrole nitrogens is 1. The molecule has 2 N–H and O–H groups in total. The van der Waals surface area contributed by atoms with Crippen molar-refractivity contribution < 1.29 is 4.79 Å². The van der Waals surface area contributed by atoms with Crippen LogP contribution < -0.4 is 5.32 Å². The largest absolute Gasteiger partial charge is 0.346 e. The number of allylic oxidation sites excluding steroid dienone is 2. The Morgan fingerprint density at radius 2 is 2.18 bits per heavy atom. The lowest BCUT2D eigenvalue weighted by molar-refractivity contribution is -0.119. The summed E-state index contributed by atoms with van der Waals surface area (Å²) in [6.45, 7) is 0. The van der Waals surface area contributed by atoms with Gasteiger partial charge in [-0.25, -0.2) is 15.0 Å². The van der Waals surface area contributed by atoms with Crippen LogP contribution in [0.2, 0.25) is 0 Å². The number of nitrogens with one attached hydrogen (secondary N) is 2. The van der Waals surface area contributed by atoms with Gasteiger partial charge in [-0.2, -0.15) is 0 Å². The zero-order valence-corrected chi connectivity index (χ0v) is 12.4. The predicted molar refractivity (Wildman–Crippen MR) is 85.5 cm³/mol. The molecule has 0 saturated heterocycles. The number of aromatic amines is 1. The minimum Gasteiger partial charge on any atom is -0.346 e. The van der Waals surface area contributed by atoms with E-state index >= 15 is 0 Å². The smallest absolute Gasteiger partial charge is 0.229 e. The molecule has 3 aromatic rings. The Kier molecular flexibility index (Phi) is 3.19. The summed E-state index contributed by atoms with van der Waals surface area (Å²) in [5.74, 6) is 0.0585. The van der Waals surface area contributed by atoms with Crippen LogP contribution in [-0.4, -0.2) is 25.8 Å². The number of fused-ring (bicyclic) bond motifs is 1. The highest BCUT2D eigenvalue weighted by Gasteiger charge is 2.20. The van der Waals surface area contributed by atoms with Crippen LogP contribution in [0.4, 0.5) is 5.13 Å². The fourth-order valence-electron chi connectivity index (χ4n) is 2.56.